The van der Waals surface area contributed by atoms with Crippen LogP contribution in [0.5, 0.6) is 0 Å². The molecule has 0 aromatic heterocycles. The number of ether oxygens (including phenoxy) is 1. The lowest BCUT2D eigenvalue weighted by molar-refractivity contribution is -0.141. The van der Waals surface area contributed by atoms with Crippen molar-refractivity contribution in [2.45, 2.75) is 86.5 Å². The van der Waals surface area contributed by atoms with Gasteiger partial charge >= 0.3 is 0 Å². The molecule has 5 aliphatic rings. The number of hydrogen-bond donors (Lipinski definition) is 2. The van der Waals surface area contributed by atoms with Gasteiger partial charge in [-0.2, -0.15) is 0 Å². The van der Waals surface area contributed by atoms with Crippen LogP contribution >= 0.6 is 11.8 Å². The van der Waals surface area contributed by atoms with Crippen molar-refractivity contribution in [3.63, 3.8) is 0 Å². The summed E-state index contributed by atoms with van der Waals surface area (Å²) in [5.74, 6) is -1.23. The summed E-state index contributed by atoms with van der Waals surface area (Å²) in [7, 11) is 0. The van der Waals surface area contributed by atoms with Gasteiger partial charge in [0, 0.05) is 23.2 Å². The Balaban J connectivity index is 1.04. The maximum absolute atomic E-state index is 14.4. The third kappa shape index (κ3) is 6.63. The summed E-state index contributed by atoms with van der Waals surface area (Å²) in [4.78, 5) is 47.7. The number of rotatable bonds is 11. The average molecular weight is 657 g/mol. The number of benzene rings is 2. The Bertz CT molecular complexity index is 1470. The fourth-order valence-electron chi connectivity index (χ4n) is 8.79. The van der Waals surface area contributed by atoms with Gasteiger partial charge < -0.3 is 25.2 Å². The third-order valence-electron chi connectivity index (χ3n) is 11.2. The van der Waals surface area contributed by atoms with Gasteiger partial charge in [-0.05, 0) is 94.1 Å². The lowest BCUT2D eigenvalue weighted by Gasteiger charge is -2.35. The van der Waals surface area contributed by atoms with E-state index in [4.69, 9.17) is 4.74 Å². The number of amides is 3. The fraction of sp³-hybridized carbons (Fsp3) is 0.553. The molecule has 2 aromatic rings. The predicted octanol–water partition coefficient (Wildman–Crippen LogP) is 5.29. The van der Waals surface area contributed by atoms with Crippen molar-refractivity contribution in [1.29, 1.82) is 0 Å². The minimum atomic E-state index is -1.13. The quantitative estimate of drug-likeness (QED) is 0.253. The first-order chi connectivity index (χ1) is 22.9. The SMILES string of the molecule is CSc1cccc(NC(=O)[C@@H]2[C@H]3C=C[C@@]4(O3)[C@H]2C(=O)N(CCCN2CCC(Cc3ccccc3)CC2)[C@@H]4C(=O)NC2CCCCC2)c1. The van der Waals surface area contributed by atoms with Crippen molar-refractivity contribution < 1.29 is 19.1 Å². The number of carbonyl (C=O) groups excluding carboxylic acids is 3. The van der Waals surface area contributed by atoms with Gasteiger partial charge in [0.25, 0.3) is 0 Å². The molecule has 2 N–H and O–H groups in total. The van der Waals surface area contributed by atoms with Gasteiger partial charge in [0.05, 0.1) is 17.9 Å². The number of carbonyl (C=O) groups is 3. The Morgan fingerprint density at radius 3 is 2.51 bits per heavy atom. The first-order valence-electron chi connectivity index (χ1n) is 17.6. The molecular weight excluding hydrogens is 609 g/mol. The Hall–Kier alpha value is -3.14. The van der Waals surface area contributed by atoms with Crippen LogP contribution in [-0.4, -0.2) is 83.7 Å². The zero-order valence-corrected chi connectivity index (χ0v) is 28.3. The molecule has 2 bridgehead atoms. The summed E-state index contributed by atoms with van der Waals surface area (Å²) in [5, 5.41) is 6.36. The summed E-state index contributed by atoms with van der Waals surface area (Å²) in [5.41, 5.74) is 0.982. The van der Waals surface area contributed by atoms with Crippen molar-refractivity contribution >= 4 is 35.2 Å². The molecule has 4 aliphatic heterocycles. The molecule has 4 fully saturated rings. The maximum Gasteiger partial charge on any atom is 0.246 e. The van der Waals surface area contributed by atoms with Crippen LogP contribution in [-0.2, 0) is 25.5 Å². The van der Waals surface area contributed by atoms with E-state index in [0.29, 0.717) is 18.2 Å². The van der Waals surface area contributed by atoms with Crippen molar-refractivity contribution in [2.24, 2.45) is 17.8 Å². The van der Waals surface area contributed by atoms with Gasteiger partial charge in [0.1, 0.15) is 11.6 Å². The van der Waals surface area contributed by atoms with Crippen LogP contribution in [0.1, 0.15) is 56.9 Å². The van der Waals surface area contributed by atoms with E-state index in [1.54, 1.807) is 16.7 Å². The summed E-state index contributed by atoms with van der Waals surface area (Å²) in [6.07, 6.45) is 14.9. The topological polar surface area (TPSA) is 91.0 Å². The van der Waals surface area contributed by atoms with E-state index in [0.717, 1.165) is 63.1 Å². The predicted molar refractivity (Wildman–Crippen MR) is 185 cm³/mol. The van der Waals surface area contributed by atoms with Gasteiger partial charge in [-0.1, -0.05) is 67.8 Å². The van der Waals surface area contributed by atoms with Gasteiger partial charge in [-0.3, -0.25) is 14.4 Å². The Kier molecular flexibility index (Phi) is 9.76. The van der Waals surface area contributed by atoms with E-state index < -0.39 is 29.6 Å². The van der Waals surface area contributed by atoms with E-state index >= 15 is 0 Å². The molecular formula is C38H48N4O4S. The molecule has 9 heteroatoms. The highest BCUT2D eigenvalue weighted by molar-refractivity contribution is 7.98. The highest BCUT2D eigenvalue weighted by Crippen LogP contribution is 2.55. The minimum Gasteiger partial charge on any atom is -0.359 e. The Morgan fingerprint density at radius 1 is 0.957 bits per heavy atom. The molecule has 3 saturated heterocycles. The number of nitrogens with zero attached hydrogens (tertiary/aromatic N) is 2. The number of thioether (sulfide) groups is 1. The molecule has 1 aliphatic carbocycles. The fourth-order valence-corrected chi connectivity index (χ4v) is 9.25. The van der Waals surface area contributed by atoms with E-state index in [-0.39, 0.29) is 23.8 Å². The lowest BCUT2D eigenvalue weighted by Crippen LogP contribution is -2.56. The Labute approximate surface area is 283 Å². The molecule has 4 heterocycles. The van der Waals surface area contributed by atoms with Gasteiger partial charge in [0.2, 0.25) is 17.7 Å². The van der Waals surface area contributed by atoms with Crippen molar-refractivity contribution in [2.75, 3.05) is 37.8 Å². The smallest absolute Gasteiger partial charge is 0.246 e. The van der Waals surface area contributed by atoms with Crippen molar-refractivity contribution in [3.8, 4) is 0 Å². The molecule has 0 radical (unpaired) electrons. The zero-order valence-electron chi connectivity index (χ0n) is 27.4. The van der Waals surface area contributed by atoms with Gasteiger partial charge in [-0.15, -0.1) is 11.8 Å². The highest BCUT2D eigenvalue weighted by atomic mass is 32.2. The lowest BCUT2D eigenvalue weighted by atomic mass is 9.74. The minimum absolute atomic E-state index is 0.117. The molecule has 1 spiro atoms. The maximum atomic E-state index is 14.4. The first kappa shape index (κ1) is 32.4. The molecule has 1 saturated carbocycles. The van der Waals surface area contributed by atoms with Crippen molar-refractivity contribution in [3.05, 3.63) is 72.3 Å². The van der Waals surface area contributed by atoms with Crippen LogP contribution in [0.25, 0.3) is 0 Å². The normalized spacial score (nSPS) is 29.3. The molecule has 8 nitrogen and oxygen atoms in total. The van der Waals surface area contributed by atoms with E-state index in [1.807, 2.05) is 42.7 Å². The molecule has 5 atom stereocenters. The van der Waals surface area contributed by atoms with Gasteiger partial charge in [-0.25, -0.2) is 0 Å². The number of piperidine rings is 1. The highest BCUT2D eigenvalue weighted by Gasteiger charge is 2.72. The second-order valence-electron chi connectivity index (χ2n) is 14.1. The number of anilines is 1. The van der Waals surface area contributed by atoms with Crippen LogP contribution in [0.4, 0.5) is 5.69 Å². The average Bonchev–Trinajstić information content (AvgIpc) is 3.74. The standard InChI is InChI=1S/C38H48N4O4S/c1-47-30-15-8-14-29(25-30)40-35(43)32-31-16-19-38(46-31)33(32)37(45)42(34(38)36(44)39-28-12-6-3-7-13-28)21-9-20-41-22-17-27(18-23-41)24-26-10-4-2-5-11-26/h2,4-5,8,10-11,14-16,19,25,27-28,31-34H,3,6-7,9,12-13,17-18,20-24H2,1H3,(H,39,44)(H,40,43)/t31-,32-,33-,34-,38-/m1/s1. The van der Waals surface area contributed by atoms with Crippen molar-refractivity contribution in [1.82, 2.24) is 15.1 Å². The van der Waals surface area contributed by atoms with Crippen LogP contribution in [0.2, 0.25) is 0 Å². The molecule has 7 rings (SSSR count). The summed E-state index contributed by atoms with van der Waals surface area (Å²) >= 11 is 1.61. The van der Waals surface area contributed by atoms with Gasteiger partial charge in [0.15, 0.2) is 0 Å². The second-order valence-corrected chi connectivity index (χ2v) is 15.0. The number of likely N-dealkylation sites (tertiary alicyclic amines) is 2. The number of nitrogens with one attached hydrogen (secondary N) is 2. The molecule has 0 unspecified atom stereocenters. The zero-order chi connectivity index (χ0) is 32.4. The third-order valence-corrected chi connectivity index (χ3v) is 11.9. The van der Waals surface area contributed by atoms with Crippen LogP contribution in [0.3, 0.4) is 0 Å². The number of hydrogen-bond acceptors (Lipinski definition) is 6. The molecule has 2 aromatic carbocycles. The molecule has 3 amide bonds. The van der Waals surface area contributed by atoms with Crippen LogP contribution in [0.15, 0.2) is 71.6 Å². The Morgan fingerprint density at radius 2 is 1.74 bits per heavy atom. The van der Waals surface area contributed by atoms with Crippen LogP contribution in [0, 0.1) is 17.8 Å². The summed E-state index contributed by atoms with van der Waals surface area (Å²) in [6.45, 7) is 3.45. The summed E-state index contributed by atoms with van der Waals surface area (Å²) in [6, 6.07) is 17.8. The van der Waals surface area contributed by atoms with E-state index in [1.165, 1.54) is 24.8 Å². The largest absolute Gasteiger partial charge is 0.359 e. The van der Waals surface area contributed by atoms with E-state index in [9.17, 15) is 14.4 Å². The monoisotopic (exact) mass is 656 g/mol. The van der Waals surface area contributed by atoms with E-state index in [2.05, 4.69) is 45.9 Å². The first-order valence-corrected chi connectivity index (χ1v) is 18.9. The molecule has 47 heavy (non-hydrogen) atoms. The van der Waals surface area contributed by atoms with Crippen LogP contribution < -0.4 is 10.6 Å². The number of fused-ring (bicyclic) bond motifs is 1. The second kappa shape index (κ2) is 14.1. The summed E-state index contributed by atoms with van der Waals surface area (Å²) < 4.78 is 6.57. The molecule has 250 valence electrons.